The highest BCUT2D eigenvalue weighted by Gasteiger charge is 2.32. The highest BCUT2D eigenvalue weighted by atomic mass is 32.2. The molecule has 0 aliphatic carbocycles. The summed E-state index contributed by atoms with van der Waals surface area (Å²) in [6.45, 7) is 3.74. The number of nitrogens with one attached hydrogen (secondary N) is 1. The molecule has 1 rings (SSSR count). The quantitative estimate of drug-likeness (QED) is 0.756. The lowest BCUT2D eigenvalue weighted by Gasteiger charge is -2.29. The molecule has 0 atom stereocenters. The molecular weight excluding hydrogens is 278 g/mol. The number of pyridine rings is 1. The molecule has 6 nitrogen and oxygen atoms in total. The monoisotopic (exact) mass is 301 g/mol. The van der Waals surface area contributed by atoms with Crippen LogP contribution in [0.4, 0.5) is 5.69 Å². The van der Waals surface area contributed by atoms with Crippen LogP contribution in [0.3, 0.4) is 0 Å². The Morgan fingerprint density at radius 1 is 1.40 bits per heavy atom. The molecule has 0 radical (unpaired) electrons. The van der Waals surface area contributed by atoms with E-state index in [0.29, 0.717) is 18.5 Å². The van der Waals surface area contributed by atoms with Crippen LogP contribution in [-0.4, -0.2) is 49.1 Å². The number of nitrogens with zero attached hydrogens (tertiary/aromatic N) is 2. The molecule has 7 heteroatoms. The summed E-state index contributed by atoms with van der Waals surface area (Å²) in [6, 6.07) is 3.21. The van der Waals surface area contributed by atoms with E-state index in [4.69, 9.17) is 0 Å². The highest BCUT2D eigenvalue weighted by Crippen LogP contribution is 2.24. The summed E-state index contributed by atoms with van der Waals surface area (Å²) in [5.41, 5.74) is 0.460. The number of aromatic nitrogens is 1. The summed E-state index contributed by atoms with van der Waals surface area (Å²) in [5.74, 6) is 0. The Morgan fingerprint density at radius 2 is 2.05 bits per heavy atom. The average molecular weight is 301 g/mol. The Labute approximate surface area is 120 Å². The topological polar surface area (TPSA) is 82.5 Å². The van der Waals surface area contributed by atoms with Crippen molar-refractivity contribution in [3.8, 4) is 0 Å². The molecule has 114 valence electrons. The predicted octanol–water partition coefficient (Wildman–Crippen LogP) is 1.29. The summed E-state index contributed by atoms with van der Waals surface area (Å²) in [5, 5.41) is 12.0. The van der Waals surface area contributed by atoms with Gasteiger partial charge in [-0.2, -0.15) is 4.31 Å². The second kappa shape index (κ2) is 7.56. The maximum Gasteiger partial charge on any atom is 0.262 e. The zero-order chi connectivity index (χ0) is 15.2. The third-order valence-corrected chi connectivity index (χ3v) is 5.18. The van der Waals surface area contributed by atoms with E-state index in [2.05, 4.69) is 10.3 Å². The van der Waals surface area contributed by atoms with Gasteiger partial charge in [-0.1, -0.05) is 13.8 Å². The molecule has 0 aliphatic heterocycles. The smallest absolute Gasteiger partial charge is 0.262 e. The number of sulfonamides is 1. The van der Waals surface area contributed by atoms with E-state index in [1.54, 1.807) is 19.2 Å². The van der Waals surface area contributed by atoms with Crippen molar-refractivity contribution in [2.24, 2.45) is 0 Å². The van der Waals surface area contributed by atoms with Gasteiger partial charge in [-0.3, -0.25) is 0 Å². The molecule has 0 amide bonds. The number of aliphatic hydroxyl groups is 1. The zero-order valence-corrected chi connectivity index (χ0v) is 13.0. The van der Waals surface area contributed by atoms with Gasteiger partial charge in [0.15, 0.2) is 5.03 Å². The first-order valence-electron chi connectivity index (χ1n) is 6.78. The number of aliphatic hydroxyl groups excluding tert-OH is 1. The van der Waals surface area contributed by atoms with Gasteiger partial charge in [0.2, 0.25) is 0 Å². The first kappa shape index (κ1) is 16.9. The number of hydrogen-bond acceptors (Lipinski definition) is 5. The summed E-state index contributed by atoms with van der Waals surface area (Å²) in [7, 11) is -2.07. The fourth-order valence-corrected chi connectivity index (χ4v) is 4.07. The van der Waals surface area contributed by atoms with Gasteiger partial charge in [-0.05, 0) is 25.0 Å². The fourth-order valence-electron chi connectivity index (χ4n) is 2.19. The predicted molar refractivity (Wildman–Crippen MR) is 79.1 cm³/mol. The molecule has 0 bridgehead atoms. The maximum atomic E-state index is 12.8. The van der Waals surface area contributed by atoms with E-state index >= 15 is 0 Å². The first-order chi connectivity index (χ1) is 9.52. The number of anilines is 1. The lowest BCUT2D eigenvalue weighted by molar-refractivity contribution is 0.219. The van der Waals surface area contributed by atoms with Crippen LogP contribution in [0.2, 0.25) is 0 Å². The number of rotatable bonds is 8. The van der Waals surface area contributed by atoms with Crippen molar-refractivity contribution in [3.05, 3.63) is 18.3 Å². The van der Waals surface area contributed by atoms with Gasteiger partial charge in [0.1, 0.15) is 0 Å². The summed E-state index contributed by atoms with van der Waals surface area (Å²) in [4.78, 5) is 4.00. The molecule has 0 aliphatic rings. The Hall–Kier alpha value is -1.18. The van der Waals surface area contributed by atoms with E-state index in [1.807, 2.05) is 13.8 Å². The molecular formula is C13H23N3O3S. The highest BCUT2D eigenvalue weighted by molar-refractivity contribution is 7.89. The van der Waals surface area contributed by atoms with Crippen LogP contribution in [0, 0.1) is 0 Å². The van der Waals surface area contributed by atoms with E-state index in [-0.39, 0.29) is 24.2 Å². The van der Waals surface area contributed by atoms with Crippen molar-refractivity contribution in [1.29, 1.82) is 0 Å². The van der Waals surface area contributed by atoms with Crippen LogP contribution in [0.5, 0.6) is 0 Å². The summed E-state index contributed by atoms with van der Waals surface area (Å²) >= 11 is 0. The van der Waals surface area contributed by atoms with E-state index in [0.717, 1.165) is 0 Å². The minimum Gasteiger partial charge on any atom is -0.395 e. The van der Waals surface area contributed by atoms with Gasteiger partial charge < -0.3 is 10.4 Å². The van der Waals surface area contributed by atoms with Crippen molar-refractivity contribution < 1.29 is 13.5 Å². The van der Waals surface area contributed by atoms with Gasteiger partial charge in [-0.25, -0.2) is 13.4 Å². The summed E-state index contributed by atoms with van der Waals surface area (Å²) in [6.07, 6.45) is 2.84. The molecule has 20 heavy (non-hydrogen) atoms. The fraction of sp³-hybridized carbons (Fsp3) is 0.615. The van der Waals surface area contributed by atoms with Crippen LogP contribution < -0.4 is 5.32 Å². The Balaban J connectivity index is 3.29. The molecule has 0 spiro atoms. The molecule has 0 aromatic carbocycles. The average Bonchev–Trinajstić information content (AvgIpc) is 2.47. The van der Waals surface area contributed by atoms with Crippen LogP contribution in [0.25, 0.3) is 0 Å². The molecule has 2 N–H and O–H groups in total. The largest absolute Gasteiger partial charge is 0.395 e. The minimum atomic E-state index is -3.73. The second-order valence-corrected chi connectivity index (χ2v) is 6.22. The van der Waals surface area contributed by atoms with Crippen LogP contribution in [0.1, 0.15) is 26.7 Å². The van der Waals surface area contributed by atoms with Crippen molar-refractivity contribution in [1.82, 2.24) is 9.29 Å². The van der Waals surface area contributed by atoms with Gasteiger partial charge in [0.05, 0.1) is 12.3 Å². The molecule has 0 fully saturated rings. The van der Waals surface area contributed by atoms with Crippen molar-refractivity contribution >= 4 is 15.7 Å². The van der Waals surface area contributed by atoms with Gasteiger partial charge in [0, 0.05) is 25.8 Å². The van der Waals surface area contributed by atoms with Crippen molar-refractivity contribution in [3.63, 3.8) is 0 Å². The maximum absolute atomic E-state index is 12.8. The molecule has 1 aromatic rings. The van der Waals surface area contributed by atoms with Crippen LogP contribution in [-0.2, 0) is 10.0 Å². The standard InChI is InChI=1S/C13H23N3O3S/c1-4-11(5-2)16(9-10-17)20(18,19)13-12(14-3)7-6-8-15-13/h6-8,11,14,17H,4-5,9-10H2,1-3H3. The van der Waals surface area contributed by atoms with Crippen LogP contribution >= 0.6 is 0 Å². The number of hydrogen-bond donors (Lipinski definition) is 2. The Kier molecular flexibility index (Phi) is 6.38. The molecule has 1 heterocycles. The summed E-state index contributed by atoms with van der Waals surface area (Å²) < 4.78 is 26.9. The minimum absolute atomic E-state index is 0.00264. The van der Waals surface area contributed by atoms with Gasteiger partial charge >= 0.3 is 0 Å². The molecule has 0 unspecified atom stereocenters. The molecule has 0 saturated heterocycles. The first-order valence-corrected chi connectivity index (χ1v) is 8.22. The van der Waals surface area contributed by atoms with Gasteiger partial charge in [-0.15, -0.1) is 0 Å². The zero-order valence-electron chi connectivity index (χ0n) is 12.2. The lowest BCUT2D eigenvalue weighted by Crippen LogP contribution is -2.42. The van der Waals surface area contributed by atoms with E-state index in [1.165, 1.54) is 10.5 Å². The van der Waals surface area contributed by atoms with Gasteiger partial charge in [0.25, 0.3) is 10.0 Å². The van der Waals surface area contributed by atoms with E-state index in [9.17, 15) is 13.5 Å². The normalized spacial score (nSPS) is 12.1. The van der Waals surface area contributed by atoms with Crippen LogP contribution in [0.15, 0.2) is 23.4 Å². The third kappa shape index (κ3) is 3.47. The molecule has 0 saturated carbocycles. The lowest BCUT2D eigenvalue weighted by atomic mass is 10.2. The Morgan fingerprint density at radius 3 is 2.55 bits per heavy atom. The van der Waals surface area contributed by atoms with Crippen molar-refractivity contribution in [2.75, 3.05) is 25.5 Å². The third-order valence-electron chi connectivity index (χ3n) is 3.26. The SMILES string of the molecule is CCC(CC)N(CCO)S(=O)(=O)c1ncccc1NC. The van der Waals surface area contributed by atoms with Crippen molar-refractivity contribution in [2.45, 2.75) is 37.8 Å². The van der Waals surface area contributed by atoms with E-state index < -0.39 is 10.0 Å². The second-order valence-electron chi connectivity index (χ2n) is 4.42. The Bertz CT molecular complexity index is 515. The molecule has 1 aromatic heterocycles.